The van der Waals surface area contributed by atoms with E-state index in [-0.39, 0.29) is 11.8 Å². The van der Waals surface area contributed by atoms with E-state index in [4.69, 9.17) is 4.74 Å². The molecule has 2 aliphatic heterocycles. The normalized spacial score (nSPS) is 19.5. The number of anilines is 1. The average molecular weight is 459 g/mol. The van der Waals surface area contributed by atoms with Gasteiger partial charge >= 0.3 is 0 Å². The highest BCUT2D eigenvalue weighted by Gasteiger charge is 2.25. The molecule has 2 amide bonds. The molecule has 7 nitrogen and oxygen atoms in total. The molecule has 1 aromatic rings. The molecule has 0 aromatic heterocycles. The Morgan fingerprint density at radius 1 is 1.06 bits per heavy atom. The van der Waals surface area contributed by atoms with Crippen LogP contribution in [-0.2, 0) is 16.1 Å². The lowest BCUT2D eigenvalue weighted by Crippen LogP contribution is -2.40. The Kier molecular flexibility index (Phi) is 10.2. The van der Waals surface area contributed by atoms with Crippen LogP contribution in [0.25, 0.3) is 0 Å². The van der Waals surface area contributed by atoms with Crippen molar-refractivity contribution in [3.63, 3.8) is 0 Å². The topological polar surface area (TPSA) is 65.1 Å². The fourth-order valence-corrected chi connectivity index (χ4v) is 4.83. The number of rotatable bonds is 5. The Morgan fingerprint density at radius 2 is 1.76 bits per heavy atom. The largest absolute Gasteiger partial charge is 0.381 e. The lowest BCUT2D eigenvalue weighted by atomic mass is 10.0. The maximum Gasteiger partial charge on any atom is 0.251 e. The number of carbonyl (C=O) groups excluding carboxylic acids is 2. The zero-order chi connectivity index (χ0) is 23.6. The Bertz CT molecular complexity index is 777. The van der Waals surface area contributed by atoms with Crippen LogP contribution < -0.4 is 10.2 Å². The van der Waals surface area contributed by atoms with Gasteiger partial charge in [0.1, 0.15) is 0 Å². The molecule has 33 heavy (non-hydrogen) atoms. The monoisotopic (exact) mass is 458 g/mol. The first kappa shape index (κ1) is 25.7. The third-order valence-electron chi connectivity index (χ3n) is 6.76. The molecule has 1 aromatic carbocycles. The summed E-state index contributed by atoms with van der Waals surface area (Å²) in [5.41, 5.74) is 2.68. The number of amides is 2. The molecular weight excluding hydrogens is 416 g/mol. The van der Waals surface area contributed by atoms with E-state index >= 15 is 0 Å². The molecular formula is C26H42N4O3. The Labute approximate surface area is 199 Å². The van der Waals surface area contributed by atoms with E-state index in [1.54, 1.807) is 6.92 Å². The second-order valence-corrected chi connectivity index (χ2v) is 9.66. The van der Waals surface area contributed by atoms with Crippen LogP contribution in [0, 0.1) is 0 Å². The van der Waals surface area contributed by atoms with E-state index in [1.165, 1.54) is 19.3 Å². The third-order valence-corrected chi connectivity index (χ3v) is 6.76. The number of carbonyl (C=O) groups is 2. The molecule has 2 heterocycles. The summed E-state index contributed by atoms with van der Waals surface area (Å²) >= 11 is 0. The number of nitrogens with one attached hydrogen (secondary N) is 1. The molecule has 3 rings (SSSR count). The van der Waals surface area contributed by atoms with E-state index < -0.39 is 0 Å². The minimum atomic E-state index is -0.0576. The lowest BCUT2D eigenvalue weighted by Gasteiger charge is -2.36. The maximum atomic E-state index is 12.8. The second kappa shape index (κ2) is 13.1. The van der Waals surface area contributed by atoms with Gasteiger partial charge in [-0.15, -0.1) is 0 Å². The van der Waals surface area contributed by atoms with Crippen molar-refractivity contribution < 1.29 is 14.3 Å². The van der Waals surface area contributed by atoms with Crippen molar-refractivity contribution >= 4 is 17.5 Å². The summed E-state index contributed by atoms with van der Waals surface area (Å²) in [4.78, 5) is 32.0. The summed E-state index contributed by atoms with van der Waals surface area (Å²) in [7, 11) is 3.99. The van der Waals surface area contributed by atoms with E-state index in [9.17, 15) is 9.59 Å². The van der Waals surface area contributed by atoms with Gasteiger partial charge in [-0.3, -0.25) is 14.5 Å². The first-order chi connectivity index (χ1) is 16.0. The molecule has 0 bridgehead atoms. The van der Waals surface area contributed by atoms with E-state index in [0.717, 1.165) is 76.3 Å². The van der Waals surface area contributed by atoms with Crippen LogP contribution in [0.1, 0.15) is 67.8 Å². The number of fused-ring (bicyclic) bond motifs is 1. The van der Waals surface area contributed by atoms with E-state index in [1.807, 2.05) is 37.2 Å². The molecule has 1 N–H and O–H groups in total. The van der Waals surface area contributed by atoms with E-state index in [2.05, 4.69) is 15.1 Å². The fourth-order valence-electron chi connectivity index (χ4n) is 4.83. The molecule has 0 aliphatic carbocycles. The fraction of sp³-hybridized carbons (Fsp3) is 0.692. The van der Waals surface area contributed by atoms with Gasteiger partial charge in [0.05, 0.1) is 0 Å². The number of hydrogen-bond donors (Lipinski definition) is 1. The molecule has 0 atom stereocenters. The highest BCUT2D eigenvalue weighted by Crippen LogP contribution is 2.28. The van der Waals surface area contributed by atoms with Crippen molar-refractivity contribution in [2.75, 3.05) is 58.4 Å². The molecule has 0 unspecified atom stereocenters. The number of benzene rings is 1. The Balaban J connectivity index is 1.90. The zero-order valence-corrected chi connectivity index (χ0v) is 20.8. The van der Waals surface area contributed by atoms with Gasteiger partial charge in [0, 0.05) is 63.6 Å². The van der Waals surface area contributed by atoms with Crippen molar-refractivity contribution in [3.8, 4) is 0 Å². The third kappa shape index (κ3) is 7.80. The lowest BCUT2D eigenvalue weighted by molar-refractivity contribution is -0.116. The van der Waals surface area contributed by atoms with Crippen molar-refractivity contribution in [2.45, 2.75) is 64.5 Å². The Morgan fingerprint density at radius 3 is 2.45 bits per heavy atom. The van der Waals surface area contributed by atoms with Crippen molar-refractivity contribution in [1.29, 1.82) is 0 Å². The van der Waals surface area contributed by atoms with Gasteiger partial charge < -0.3 is 19.9 Å². The van der Waals surface area contributed by atoms with Crippen LogP contribution in [0.15, 0.2) is 18.2 Å². The van der Waals surface area contributed by atoms with E-state index in [0.29, 0.717) is 18.2 Å². The summed E-state index contributed by atoms with van der Waals surface area (Å²) in [6, 6.07) is 6.34. The predicted octanol–water partition coefficient (Wildman–Crippen LogP) is 3.28. The van der Waals surface area contributed by atoms with Gasteiger partial charge in [0.15, 0.2) is 0 Å². The van der Waals surface area contributed by atoms with Gasteiger partial charge in [-0.2, -0.15) is 0 Å². The molecule has 7 heteroatoms. The highest BCUT2D eigenvalue weighted by molar-refractivity contribution is 5.97. The van der Waals surface area contributed by atoms with Gasteiger partial charge in [-0.1, -0.05) is 19.3 Å². The summed E-state index contributed by atoms with van der Waals surface area (Å²) in [5.74, 6) is 0.00636. The van der Waals surface area contributed by atoms with Crippen LogP contribution in [0.4, 0.5) is 5.69 Å². The minimum Gasteiger partial charge on any atom is -0.381 e. The van der Waals surface area contributed by atoms with Gasteiger partial charge in [0.2, 0.25) is 5.91 Å². The summed E-state index contributed by atoms with van der Waals surface area (Å²) in [5, 5.41) is 3.02. The van der Waals surface area contributed by atoms with Crippen LogP contribution in [0.3, 0.4) is 0 Å². The SMILES string of the molecule is CC(=O)N1CCCCCCCN(C2CCOCC2)Cc2cc(C(=O)NCCN(C)C)ccc21. The maximum absolute atomic E-state index is 12.8. The van der Waals surface area contributed by atoms with Gasteiger partial charge in [-0.25, -0.2) is 0 Å². The molecule has 1 saturated heterocycles. The molecule has 0 spiro atoms. The Hall–Kier alpha value is -1.96. The summed E-state index contributed by atoms with van der Waals surface area (Å²) in [6.07, 6.45) is 7.85. The van der Waals surface area contributed by atoms with Gasteiger partial charge in [-0.05, 0) is 70.1 Å². The zero-order valence-electron chi connectivity index (χ0n) is 20.8. The minimum absolute atomic E-state index is 0.0576. The van der Waals surface area contributed by atoms with Gasteiger partial charge in [0.25, 0.3) is 5.91 Å². The van der Waals surface area contributed by atoms with Crippen LogP contribution in [0.5, 0.6) is 0 Å². The number of ether oxygens (including phenoxy) is 1. The first-order valence-corrected chi connectivity index (χ1v) is 12.6. The predicted molar refractivity (Wildman–Crippen MR) is 133 cm³/mol. The van der Waals surface area contributed by atoms with Crippen LogP contribution in [0.2, 0.25) is 0 Å². The summed E-state index contributed by atoms with van der Waals surface area (Å²) < 4.78 is 5.61. The molecule has 1 fully saturated rings. The second-order valence-electron chi connectivity index (χ2n) is 9.66. The van der Waals surface area contributed by atoms with Crippen molar-refractivity contribution in [2.24, 2.45) is 0 Å². The number of likely N-dealkylation sites (N-methyl/N-ethyl adjacent to an activating group) is 1. The molecule has 2 aliphatic rings. The quantitative estimate of drug-likeness (QED) is 0.734. The standard InChI is InChI=1S/C26H42N4O3/c1-21(31)30-15-8-6-4-5-7-14-29(24-11-17-33-18-12-24)20-23-19-22(9-10-25(23)30)26(32)27-13-16-28(2)3/h9-10,19,24H,4-8,11-18,20H2,1-3H3,(H,27,32). The number of hydrogen-bond acceptors (Lipinski definition) is 5. The molecule has 0 radical (unpaired) electrons. The van der Waals surface area contributed by atoms with Crippen LogP contribution in [-0.4, -0.2) is 81.1 Å². The van der Waals surface area contributed by atoms with Crippen LogP contribution >= 0.6 is 0 Å². The average Bonchev–Trinajstić information content (AvgIpc) is 2.79. The highest BCUT2D eigenvalue weighted by atomic mass is 16.5. The number of nitrogens with zero attached hydrogens (tertiary/aromatic N) is 3. The molecule has 184 valence electrons. The van der Waals surface area contributed by atoms with Crippen molar-refractivity contribution in [3.05, 3.63) is 29.3 Å². The smallest absolute Gasteiger partial charge is 0.251 e. The first-order valence-electron chi connectivity index (χ1n) is 12.6. The van der Waals surface area contributed by atoms with Crippen molar-refractivity contribution in [1.82, 2.24) is 15.1 Å². The molecule has 0 saturated carbocycles. The summed E-state index contributed by atoms with van der Waals surface area (Å²) in [6.45, 7) is 7.20.